The van der Waals surface area contributed by atoms with Crippen LogP contribution in [0.4, 0.5) is 5.95 Å². The second-order valence-corrected chi connectivity index (χ2v) is 6.41. The number of hydrogen-bond donors (Lipinski definition) is 2. The van der Waals surface area contributed by atoms with Crippen molar-refractivity contribution in [2.24, 2.45) is 12.1 Å². The molecular formula is C16H17BrN6O3. The first-order valence-corrected chi connectivity index (χ1v) is 8.53. The molecule has 1 aromatic carbocycles. The topological polar surface area (TPSA) is 106 Å². The van der Waals surface area contributed by atoms with E-state index in [4.69, 9.17) is 4.74 Å². The zero-order valence-corrected chi connectivity index (χ0v) is 15.8. The molecule has 0 saturated heterocycles. The van der Waals surface area contributed by atoms with Crippen molar-refractivity contribution in [3.8, 4) is 0 Å². The zero-order valence-electron chi connectivity index (χ0n) is 14.2. The summed E-state index contributed by atoms with van der Waals surface area (Å²) in [4.78, 5) is 30.7. The number of halogens is 1. The van der Waals surface area contributed by atoms with Gasteiger partial charge in [-0.1, -0.05) is 28.1 Å². The second kappa shape index (κ2) is 7.67. The summed E-state index contributed by atoms with van der Waals surface area (Å²) in [7, 11) is 3.11. The van der Waals surface area contributed by atoms with Crippen molar-refractivity contribution in [2.45, 2.75) is 6.54 Å². The summed E-state index contributed by atoms with van der Waals surface area (Å²) in [6.45, 7) is 0.753. The largest absolute Gasteiger partial charge is 0.383 e. The van der Waals surface area contributed by atoms with Gasteiger partial charge in [0.2, 0.25) is 5.95 Å². The number of aromatic nitrogens is 4. The molecule has 26 heavy (non-hydrogen) atoms. The van der Waals surface area contributed by atoms with Gasteiger partial charge in [-0.3, -0.25) is 14.3 Å². The third-order valence-electron chi connectivity index (χ3n) is 3.77. The first-order chi connectivity index (χ1) is 12.5. The summed E-state index contributed by atoms with van der Waals surface area (Å²) in [5.41, 5.74) is 3.26. The van der Waals surface area contributed by atoms with Crippen molar-refractivity contribution in [1.29, 1.82) is 0 Å². The fourth-order valence-electron chi connectivity index (χ4n) is 2.43. The number of H-pyrrole nitrogens is 1. The number of nitrogens with zero attached hydrogens (tertiary/aromatic N) is 4. The van der Waals surface area contributed by atoms with Gasteiger partial charge in [0, 0.05) is 25.2 Å². The summed E-state index contributed by atoms with van der Waals surface area (Å²) in [5, 5.41) is 4.17. The van der Waals surface area contributed by atoms with Crippen LogP contribution in [-0.2, 0) is 18.3 Å². The summed E-state index contributed by atoms with van der Waals surface area (Å²) >= 11 is 3.38. The van der Waals surface area contributed by atoms with E-state index in [1.807, 2.05) is 24.3 Å². The lowest BCUT2D eigenvalue weighted by molar-refractivity contribution is 0.188. The van der Waals surface area contributed by atoms with Crippen molar-refractivity contribution in [1.82, 2.24) is 19.1 Å². The number of fused-ring (bicyclic) bond motifs is 1. The minimum atomic E-state index is -0.524. The lowest BCUT2D eigenvalue weighted by atomic mass is 10.2. The zero-order chi connectivity index (χ0) is 18.7. The number of aromatic amines is 1. The smallest absolute Gasteiger partial charge is 0.329 e. The van der Waals surface area contributed by atoms with Gasteiger partial charge in [0.25, 0.3) is 5.56 Å². The molecule has 3 rings (SSSR count). The second-order valence-electron chi connectivity index (χ2n) is 5.49. The molecule has 0 aliphatic carbocycles. The molecule has 0 amide bonds. The maximum Gasteiger partial charge on any atom is 0.329 e. The minimum Gasteiger partial charge on any atom is -0.383 e. The highest BCUT2D eigenvalue weighted by atomic mass is 79.9. The molecule has 0 bridgehead atoms. The Hall–Kier alpha value is -2.72. The van der Waals surface area contributed by atoms with E-state index in [1.165, 1.54) is 4.57 Å². The summed E-state index contributed by atoms with van der Waals surface area (Å²) < 4.78 is 8.99. The van der Waals surface area contributed by atoms with Crippen LogP contribution in [0.5, 0.6) is 0 Å². The Kier molecular flexibility index (Phi) is 5.33. The van der Waals surface area contributed by atoms with Crippen LogP contribution in [0.15, 0.2) is 43.4 Å². The first-order valence-electron chi connectivity index (χ1n) is 7.74. The SMILES string of the molecule is COCCn1c(N/N=C\c2ccc(Br)cc2)nc2c1c(=O)[nH]c(=O)n2C. The summed E-state index contributed by atoms with van der Waals surface area (Å²) in [6.07, 6.45) is 1.63. The molecule has 0 spiro atoms. The number of aryl methyl sites for hydroxylation is 1. The third-order valence-corrected chi connectivity index (χ3v) is 4.30. The molecule has 0 atom stereocenters. The molecule has 0 radical (unpaired) electrons. The highest BCUT2D eigenvalue weighted by Gasteiger charge is 2.16. The van der Waals surface area contributed by atoms with E-state index >= 15 is 0 Å². The molecule has 0 aliphatic rings. The molecule has 0 saturated carbocycles. The van der Waals surface area contributed by atoms with Gasteiger partial charge < -0.3 is 9.30 Å². The molecule has 136 valence electrons. The summed E-state index contributed by atoms with van der Waals surface area (Å²) in [6, 6.07) is 7.62. The van der Waals surface area contributed by atoms with Crippen molar-refractivity contribution in [2.75, 3.05) is 19.1 Å². The van der Waals surface area contributed by atoms with Gasteiger partial charge in [0.1, 0.15) is 0 Å². The number of imidazole rings is 1. The van der Waals surface area contributed by atoms with E-state index in [2.05, 4.69) is 36.4 Å². The molecule has 2 heterocycles. The lowest BCUT2D eigenvalue weighted by Gasteiger charge is -2.07. The molecular weight excluding hydrogens is 404 g/mol. The van der Waals surface area contributed by atoms with E-state index in [0.29, 0.717) is 19.1 Å². The van der Waals surface area contributed by atoms with Crippen LogP contribution < -0.4 is 16.7 Å². The minimum absolute atomic E-state index is 0.274. The Morgan fingerprint density at radius 2 is 2.08 bits per heavy atom. The van der Waals surface area contributed by atoms with Crippen LogP contribution in [-0.4, -0.2) is 39.0 Å². The van der Waals surface area contributed by atoms with E-state index in [1.54, 1.807) is 24.9 Å². The highest BCUT2D eigenvalue weighted by molar-refractivity contribution is 9.10. The van der Waals surface area contributed by atoms with Gasteiger partial charge >= 0.3 is 5.69 Å². The van der Waals surface area contributed by atoms with E-state index in [0.717, 1.165) is 10.0 Å². The maximum atomic E-state index is 12.2. The van der Waals surface area contributed by atoms with Gasteiger partial charge in [0.05, 0.1) is 12.8 Å². The average molecular weight is 421 g/mol. The lowest BCUT2D eigenvalue weighted by Crippen LogP contribution is -2.29. The van der Waals surface area contributed by atoms with Crippen LogP contribution in [0.25, 0.3) is 11.2 Å². The number of methoxy groups -OCH3 is 1. The Labute approximate surface area is 156 Å². The van der Waals surface area contributed by atoms with Crippen molar-refractivity contribution in [3.63, 3.8) is 0 Å². The molecule has 2 aromatic heterocycles. The van der Waals surface area contributed by atoms with Gasteiger partial charge in [-0.25, -0.2) is 10.2 Å². The van der Waals surface area contributed by atoms with Gasteiger partial charge in [-0.2, -0.15) is 10.1 Å². The fourth-order valence-corrected chi connectivity index (χ4v) is 2.70. The van der Waals surface area contributed by atoms with Crippen molar-refractivity contribution in [3.05, 3.63) is 55.1 Å². The van der Waals surface area contributed by atoms with Crippen LogP contribution in [0.2, 0.25) is 0 Å². The van der Waals surface area contributed by atoms with Gasteiger partial charge in [0.15, 0.2) is 11.2 Å². The van der Waals surface area contributed by atoms with Gasteiger partial charge in [-0.05, 0) is 17.7 Å². The number of rotatable bonds is 6. The Morgan fingerprint density at radius 3 is 2.77 bits per heavy atom. The maximum absolute atomic E-state index is 12.2. The quantitative estimate of drug-likeness (QED) is 0.461. The van der Waals surface area contributed by atoms with Crippen LogP contribution in [0.3, 0.4) is 0 Å². The number of hydrazone groups is 1. The number of hydrogen-bond acceptors (Lipinski definition) is 6. The van der Waals surface area contributed by atoms with Crippen LogP contribution >= 0.6 is 15.9 Å². The van der Waals surface area contributed by atoms with Crippen molar-refractivity contribution >= 4 is 39.3 Å². The normalized spacial score (nSPS) is 11.5. The van der Waals surface area contributed by atoms with Crippen molar-refractivity contribution < 1.29 is 4.74 Å². The van der Waals surface area contributed by atoms with E-state index in [9.17, 15) is 9.59 Å². The van der Waals surface area contributed by atoms with E-state index < -0.39 is 11.2 Å². The van der Waals surface area contributed by atoms with Crippen LogP contribution in [0.1, 0.15) is 5.56 Å². The number of anilines is 1. The summed E-state index contributed by atoms with van der Waals surface area (Å²) in [5.74, 6) is 0.345. The number of ether oxygens (including phenoxy) is 1. The molecule has 0 fully saturated rings. The molecule has 0 unspecified atom stereocenters. The number of benzene rings is 1. The Balaban J connectivity index is 1.99. The Bertz CT molecular complexity index is 1060. The first kappa shape index (κ1) is 18.1. The van der Waals surface area contributed by atoms with Gasteiger partial charge in [-0.15, -0.1) is 0 Å². The molecule has 10 heteroatoms. The standard InChI is InChI=1S/C16H17BrN6O3/c1-22-13-12(14(24)20-16(22)25)23(7-8-26-2)15(19-13)21-18-9-10-3-5-11(17)6-4-10/h3-6,9H,7-8H2,1-2H3,(H,19,21)(H,20,24,25)/b18-9-. The third kappa shape index (κ3) is 3.60. The molecule has 0 aliphatic heterocycles. The molecule has 9 nitrogen and oxygen atoms in total. The number of nitrogens with one attached hydrogen (secondary N) is 2. The molecule has 2 N–H and O–H groups in total. The average Bonchev–Trinajstić information content (AvgIpc) is 2.99. The predicted octanol–water partition coefficient (Wildman–Crippen LogP) is 1.28. The Morgan fingerprint density at radius 1 is 1.35 bits per heavy atom. The van der Waals surface area contributed by atoms with E-state index in [-0.39, 0.29) is 11.2 Å². The predicted molar refractivity (Wildman–Crippen MR) is 103 cm³/mol. The van der Waals surface area contributed by atoms with Crippen LogP contribution in [0, 0.1) is 0 Å². The fraction of sp³-hybridized carbons (Fsp3) is 0.250. The monoisotopic (exact) mass is 420 g/mol. The highest BCUT2D eigenvalue weighted by Crippen LogP contribution is 2.15. The molecule has 3 aromatic rings.